The molecule has 1 N–H and O–H groups in total. The Kier molecular flexibility index (Phi) is 5.77. The molecule has 0 unspecified atom stereocenters. The van der Waals surface area contributed by atoms with Crippen molar-refractivity contribution in [1.29, 1.82) is 0 Å². The SMILES string of the molecule is C[C@H](NCc1ccccc1OCc1c(Cl)cccc1Cl)C12CC3CC(CC(C3)C1)C2. The van der Waals surface area contributed by atoms with Gasteiger partial charge in [0.15, 0.2) is 0 Å². The fourth-order valence-electron chi connectivity index (χ4n) is 6.80. The highest BCUT2D eigenvalue weighted by Crippen LogP contribution is 2.61. The van der Waals surface area contributed by atoms with Crippen LogP contribution in [-0.2, 0) is 13.2 Å². The van der Waals surface area contributed by atoms with Crippen LogP contribution in [-0.4, -0.2) is 6.04 Å². The number of hydrogen-bond donors (Lipinski definition) is 1. The lowest BCUT2D eigenvalue weighted by Gasteiger charge is -2.59. The molecule has 0 aliphatic heterocycles. The van der Waals surface area contributed by atoms with Gasteiger partial charge in [-0.2, -0.15) is 0 Å². The third-order valence-electron chi connectivity index (χ3n) is 8.01. The third-order valence-corrected chi connectivity index (χ3v) is 8.72. The minimum absolute atomic E-state index is 0.375. The molecule has 0 aromatic heterocycles. The monoisotopic (exact) mass is 443 g/mol. The van der Waals surface area contributed by atoms with Crippen molar-refractivity contribution in [2.45, 2.75) is 64.6 Å². The molecule has 4 heteroatoms. The highest BCUT2D eigenvalue weighted by Gasteiger charge is 2.52. The zero-order chi connectivity index (χ0) is 20.7. The fraction of sp³-hybridized carbons (Fsp3) is 0.538. The molecule has 4 fully saturated rings. The molecule has 6 rings (SSSR count). The molecule has 2 aromatic rings. The fourth-order valence-corrected chi connectivity index (χ4v) is 7.30. The van der Waals surface area contributed by atoms with Crippen molar-refractivity contribution in [1.82, 2.24) is 5.32 Å². The molecule has 30 heavy (non-hydrogen) atoms. The van der Waals surface area contributed by atoms with Gasteiger partial charge in [0, 0.05) is 33.8 Å². The maximum atomic E-state index is 6.31. The van der Waals surface area contributed by atoms with Gasteiger partial charge in [0.1, 0.15) is 12.4 Å². The van der Waals surface area contributed by atoms with Crippen LogP contribution in [0.3, 0.4) is 0 Å². The van der Waals surface area contributed by atoms with Crippen LogP contribution in [0.25, 0.3) is 0 Å². The van der Waals surface area contributed by atoms with Gasteiger partial charge in [0.2, 0.25) is 0 Å². The van der Waals surface area contributed by atoms with E-state index in [1.54, 1.807) is 0 Å². The summed E-state index contributed by atoms with van der Waals surface area (Å²) < 4.78 is 6.16. The van der Waals surface area contributed by atoms with Crippen molar-refractivity contribution in [3.8, 4) is 5.75 Å². The second-order valence-electron chi connectivity index (χ2n) is 9.98. The Bertz CT molecular complexity index is 856. The predicted molar refractivity (Wildman–Crippen MR) is 124 cm³/mol. The average molecular weight is 444 g/mol. The van der Waals surface area contributed by atoms with Gasteiger partial charge in [-0.3, -0.25) is 0 Å². The first-order valence-electron chi connectivity index (χ1n) is 11.4. The highest BCUT2D eigenvalue weighted by molar-refractivity contribution is 6.35. The first-order chi connectivity index (χ1) is 14.5. The molecule has 0 amide bonds. The number of hydrogen-bond acceptors (Lipinski definition) is 2. The van der Waals surface area contributed by atoms with E-state index in [9.17, 15) is 0 Å². The molecule has 4 bridgehead atoms. The summed E-state index contributed by atoms with van der Waals surface area (Å²) in [6, 6.07) is 14.4. The standard InChI is InChI=1S/C26H31Cl2NO/c1-17(26-12-18-9-19(13-26)11-20(10-18)14-26)29-15-21-5-2-3-8-25(21)30-16-22-23(27)6-4-7-24(22)28/h2-8,17-20,29H,9-16H2,1H3/t17-,18?,19?,20?,26?/m0/s1. The van der Waals surface area contributed by atoms with Crippen LogP contribution in [0.1, 0.15) is 56.6 Å². The van der Waals surface area contributed by atoms with Gasteiger partial charge < -0.3 is 10.1 Å². The summed E-state index contributed by atoms with van der Waals surface area (Å²) >= 11 is 12.6. The lowest BCUT2D eigenvalue weighted by molar-refractivity contribution is -0.0706. The van der Waals surface area contributed by atoms with Gasteiger partial charge in [-0.25, -0.2) is 0 Å². The molecular weight excluding hydrogens is 413 g/mol. The van der Waals surface area contributed by atoms with Crippen LogP contribution in [0.5, 0.6) is 5.75 Å². The van der Waals surface area contributed by atoms with Gasteiger partial charge in [-0.15, -0.1) is 0 Å². The number of rotatable bonds is 7. The quantitative estimate of drug-likeness (QED) is 0.485. The lowest BCUT2D eigenvalue weighted by atomic mass is 9.48. The van der Waals surface area contributed by atoms with Crippen LogP contribution in [0.2, 0.25) is 10.0 Å². The summed E-state index contributed by atoms with van der Waals surface area (Å²) in [5, 5.41) is 5.18. The van der Waals surface area contributed by atoms with Crippen molar-refractivity contribution in [3.05, 3.63) is 63.6 Å². The molecular formula is C26H31Cl2NO. The molecule has 160 valence electrons. The van der Waals surface area contributed by atoms with E-state index in [1.807, 2.05) is 30.3 Å². The molecule has 4 aliphatic rings. The van der Waals surface area contributed by atoms with Crippen molar-refractivity contribution in [2.75, 3.05) is 0 Å². The number of halogens is 2. The van der Waals surface area contributed by atoms with Gasteiger partial charge in [-0.1, -0.05) is 47.5 Å². The Morgan fingerprint density at radius 1 is 0.933 bits per heavy atom. The highest BCUT2D eigenvalue weighted by atomic mass is 35.5. The van der Waals surface area contributed by atoms with Crippen LogP contribution >= 0.6 is 23.2 Å². The number of ether oxygens (including phenoxy) is 1. The molecule has 4 saturated carbocycles. The van der Waals surface area contributed by atoms with E-state index < -0.39 is 0 Å². The minimum atomic E-state index is 0.375. The maximum Gasteiger partial charge on any atom is 0.124 e. The first-order valence-corrected chi connectivity index (χ1v) is 12.1. The number of para-hydroxylation sites is 1. The zero-order valence-electron chi connectivity index (χ0n) is 17.7. The summed E-state index contributed by atoms with van der Waals surface area (Å²) in [4.78, 5) is 0. The molecule has 2 aromatic carbocycles. The smallest absolute Gasteiger partial charge is 0.124 e. The third kappa shape index (κ3) is 3.99. The van der Waals surface area contributed by atoms with Crippen LogP contribution in [0.15, 0.2) is 42.5 Å². The molecule has 1 atom stereocenters. The van der Waals surface area contributed by atoms with Gasteiger partial charge >= 0.3 is 0 Å². The molecule has 0 radical (unpaired) electrons. The van der Waals surface area contributed by atoms with E-state index in [0.717, 1.165) is 35.6 Å². The Morgan fingerprint density at radius 3 is 2.17 bits per heavy atom. The number of benzene rings is 2. The van der Waals surface area contributed by atoms with Gasteiger partial charge in [-0.05, 0) is 86.8 Å². The summed E-state index contributed by atoms with van der Waals surface area (Å²) in [6.07, 6.45) is 8.76. The van der Waals surface area contributed by atoms with Crippen molar-refractivity contribution >= 4 is 23.2 Å². The second-order valence-corrected chi connectivity index (χ2v) is 10.8. The summed E-state index contributed by atoms with van der Waals surface area (Å²) in [6.45, 7) is 3.62. The largest absolute Gasteiger partial charge is 0.488 e. The second kappa shape index (κ2) is 8.37. The minimum Gasteiger partial charge on any atom is -0.488 e. The topological polar surface area (TPSA) is 21.3 Å². The Labute approximate surface area is 190 Å². The summed E-state index contributed by atoms with van der Waals surface area (Å²) in [5.74, 6) is 3.85. The first kappa shape index (κ1) is 20.7. The Morgan fingerprint density at radius 2 is 1.53 bits per heavy atom. The molecule has 4 aliphatic carbocycles. The summed E-state index contributed by atoms with van der Waals surface area (Å²) in [7, 11) is 0. The molecule has 0 saturated heterocycles. The van der Waals surface area contributed by atoms with Crippen molar-refractivity contribution < 1.29 is 4.74 Å². The van der Waals surface area contributed by atoms with Crippen molar-refractivity contribution in [3.63, 3.8) is 0 Å². The van der Waals surface area contributed by atoms with Gasteiger partial charge in [0.05, 0.1) is 0 Å². The molecule has 2 nitrogen and oxygen atoms in total. The van der Waals surface area contributed by atoms with Crippen molar-refractivity contribution in [2.24, 2.45) is 23.2 Å². The van der Waals surface area contributed by atoms with Crippen LogP contribution < -0.4 is 10.1 Å². The van der Waals surface area contributed by atoms with E-state index in [-0.39, 0.29) is 0 Å². The van der Waals surface area contributed by atoms with E-state index in [1.165, 1.54) is 44.1 Å². The normalized spacial score (nSPS) is 30.4. The maximum absolute atomic E-state index is 6.31. The predicted octanol–water partition coefficient (Wildman–Crippen LogP) is 7.27. The molecule has 0 heterocycles. The van der Waals surface area contributed by atoms with E-state index in [0.29, 0.717) is 28.1 Å². The lowest BCUT2D eigenvalue weighted by Crippen LogP contribution is -2.54. The molecule has 0 spiro atoms. The van der Waals surface area contributed by atoms with Crippen LogP contribution in [0, 0.1) is 23.2 Å². The summed E-state index contributed by atoms with van der Waals surface area (Å²) in [5.41, 5.74) is 2.54. The van der Waals surface area contributed by atoms with E-state index >= 15 is 0 Å². The Balaban J connectivity index is 1.25. The zero-order valence-corrected chi connectivity index (χ0v) is 19.2. The van der Waals surface area contributed by atoms with E-state index in [2.05, 4.69) is 24.4 Å². The average Bonchev–Trinajstić information content (AvgIpc) is 2.71. The van der Waals surface area contributed by atoms with Gasteiger partial charge in [0.25, 0.3) is 0 Å². The number of nitrogens with one attached hydrogen (secondary N) is 1. The van der Waals surface area contributed by atoms with Crippen LogP contribution in [0.4, 0.5) is 0 Å². The van der Waals surface area contributed by atoms with E-state index in [4.69, 9.17) is 27.9 Å². The Hall–Kier alpha value is -1.22.